The standard InChI is InChI=1S/C13H16O4/c1-9-3-4-11(16-2)10(7-9)13(5-6-17-13)8-12(14)15/h3-4,7H,5-6,8H2,1-2H3,(H,14,15). The van der Waals surface area contributed by atoms with Crippen LogP contribution in [-0.4, -0.2) is 24.8 Å². The lowest BCUT2D eigenvalue weighted by atomic mass is 9.82. The number of hydrogen-bond acceptors (Lipinski definition) is 3. The summed E-state index contributed by atoms with van der Waals surface area (Å²) in [5.41, 5.74) is 1.21. The molecule has 4 heteroatoms. The number of rotatable bonds is 4. The number of benzene rings is 1. The molecule has 1 heterocycles. The van der Waals surface area contributed by atoms with Crippen molar-refractivity contribution in [3.05, 3.63) is 29.3 Å². The predicted octanol–water partition coefficient (Wildman–Crippen LogP) is 2.09. The molecule has 17 heavy (non-hydrogen) atoms. The van der Waals surface area contributed by atoms with Gasteiger partial charge in [0.1, 0.15) is 11.4 Å². The summed E-state index contributed by atoms with van der Waals surface area (Å²) in [7, 11) is 1.58. The quantitative estimate of drug-likeness (QED) is 0.869. The first-order valence-electron chi connectivity index (χ1n) is 5.58. The zero-order chi connectivity index (χ0) is 12.5. The number of aliphatic carboxylic acids is 1. The highest BCUT2D eigenvalue weighted by Gasteiger charge is 2.44. The monoisotopic (exact) mass is 236 g/mol. The Morgan fingerprint density at radius 1 is 1.59 bits per heavy atom. The Morgan fingerprint density at radius 2 is 2.29 bits per heavy atom. The fraction of sp³-hybridized carbons (Fsp3) is 0.462. The highest BCUT2D eigenvalue weighted by atomic mass is 16.5. The SMILES string of the molecule is COc1ccc(C)cc1C1(CC(=O)O)CCO1. The maximum absolute atomic E-state index is 10.9. The Labute approximate surface area is 100 Å². The van der Waals surface area contributed by atoms with Gasteiger partial charge in [-0.3, -0.25) is 4.79 Å². The van der Waals surface area contributed by atoms with Crippen LogP contribution in [0.1, 0.15) is 24.0 Å². The van der Waals surface area contributed by atoms with Gasteiger partial charge in [0, 0.05) is 12.0 Å². The molecule has 1 fully saturated rings. The molecule has 1 N–H and O–H groups in total. The van der Waals surface area contributed by atoms with Crippen LogP contribution < -0.4 is 4.74 Å². The molecule has 1 aliphatic heterocycles. The Kier molecular flexibility index (Phi) is 3.07. The minimum atomic E-state index is -0.853. The van der Waals surface area contributed by atoms with Gasteiger partial charge in [-0.1, -0.05) is 11.6 Å². The minimum Gasteiger partial charge on any atom is -0.496 e. The van der Waals surface area contributed by atoms with Crippen LogP contribution >= 0.6 is 0 Å². The Bertz CT molecular complexity index is 435. The Balaban J connectivity index is 2.42. The van der Waals surface area contributed by atoms with Gasteiger partial charge < -0.3 is 14.6 Å². The number of carboxylic acid groups (broad SMARTS) is 1. The van der Waals surface area contributed by atoms with Crippen molar-refractivity contribution in [1.29, 1.82) is 0 Å². The van der Waals surface area contributed by atoms with Crippen molar-refractivity contribution in [2.45, 2.75) is 25.4 Å². The van der Waals surface area contributed by atoms with Crippen LogP contribution in [0.2, 0.25) is 0 Å². The Hall–Kier alpha value is -1.55. The summed E-state index contributed by atoms with van der Waals surface area (Å²) < 4.78 is 10.8. The van der Waals surface area contributed by atoms with Crippen molar-refractivity contribution in [3.8, 4) is 5.75 Å². The summed E-state index contributed by atoms with van der Waals surface area (Å²) >= 11 is 0. The molecule has 1 unspecified atom stereocenters. The van der Waals surface area contributed by atoms with Gasteiger partial charge in [-0.2, -0.15) is 0 Å². The molecule has 0 saturated carbocycles. The molecule has 0 spiro atoms. The molecular formula is C13H16O4. The second-order valence-electron chi connectivity index (χ2n) is 4.37. The highest BCUT2D eigenvalue weighted by molar-refractivity contribution is 5.69. The smallest absolute Gasteiger partial charge is 0.306 e. The zero-order valence-electron chi connectivity index (χ0n) is 10.0. The molecule has 1 aliphatic rings. The van der Waals surface area contributed by atoms with E-state index in [0.717, 1.165) is 17.5 Å². The lowest BCUT2D eigenvalue weighted by Gasteiger charge is -2.42. The fourth-order valence-electron chi connectivity index (χ4n) is 2.22. The molecule has 1 saturated heterocycles. The third kappa shape index (κ3) is 2.13. The number of carboxylic acids is 1. The van der Waals surface area contributed by atoms with E-state index >= 15 is 0 Å². The first-order valence-corrected chi connectivity index (χ1v) is 5.58. The van der Waals surface area contributed by atoms with Crippen LogP contribution in [0.15, 0.2) is 18.2 Å². The lowest BCUT2D eigenvalue weighted by molar-refractivity contribution is -0.176. The molecule has 1 aromatic carbocycles. The lowest BCUT2D eigenvalue weighted by Crippen LogP contribution is -2.43. The summed E-state index contributed by atoms with van der Waals surface area (Å²) in [5, 5.41) is 8.99. The van der Waals surface area contributed by atoms with Crippen molar-refractivity contribution in [1.82, 2.24) is 0 Å². The Morgan fingerprint density at radius 3 is 2.76 bits per heavy atom. The largest absolute Gasteiger partial charge is 0.496 e. The van der Waals surface area contributed by atoms with Crippen LogP contribution in [-0.2, 0) is 15.1 Å². The number of hydrogen-bond donors (Lipinski definition) is 1. The fourth-order valence-corrected chi connectivity index (χ4v) is 2.22. The number of methoxy groups -OCH3 is 1. The van der Waals surface area contributed by atoms with Gasteiger partial charge in [0.05, 0.1) is 20.1 Å². The first kappa shape index (κ1) is 11.9. The summed E-state index contributed by atoms with van der Waals surface area (Å²) in [5.74, 6) is -0.162. The van der Waals surface area contributed by atoms with Crippen molar-refractivity contribution in [2.24, 2.45) is 0 Å². The van der Waals surface area contributed by atoms with Crippen molar-refractivity contribution in [2.75, 3.05) is 13.7 Å². The molecular weight excluding hydrogens is 220 g/mol. The second kappa shape index (κ2) is 4.37. The molecule has 0 radical (unpaired) electrons. The zero-order valence-corrected chi connectivity index (χ0v) is 10.0. The molecule has 0 aliphatic carbocycles. The average molecular weight is 236 g/mol. The van der Waals surface area contributed by atoms with E-state index in [1.165, 1.54) is 0 Å². The van der Waals surface area contributed by atoms with Gasteiger partial charge >= 0.3 is 5.97 Å². The van der Waals surface area contributed by atoms with Crippen molar-refractivity contribution in [3.63, 3.8) is 0 Å². The average Bonchev–Trinajstić information content (AvgIpc) is 2.23. The maximum Gasteiger partial charge on any atom is 0.306 e. The van der Waals surface area contributed by atoms with Crippen LogP contribution in [0.4, 0.5) is 0 Å². The molecule has 0 bridgehead atoms. The third-order valence-electron chi connectivity index (χ3n) is 3.17. The van der Waals surface area contributed by atoms with Crippen LogP contribution in [0.3, 0.4) is 0 Å². The molecule has 2 rings (SSSR count). The molecule has 0 aromatic heterocycles. The molecule has 0 amide bonds. The van der Waals surface area contributed by atoms with Gasteiger partial charge in [0.15, 0.2) is 0 Å². The van der Waals surface area contributed by atoms with Crippen LogP contribution in [0.25, 0.3) is 0 Å². The number of aryl methyl sites for hydroxylation is 1. The van der Waals surface area contributed by atoms with Crippen LogP contribution in [0, 0.1) is 6.92 Å². The van der Waals surface area contributed by atoms with Crippen LogP contribution in [0.5, 0.6) is 5.75 Å². The predicted molar refractivity (Wildman–Crippen MR) is 62.2 cm³/mol. The summed E-state index contributed by atoms with van der Waals surface area (Å²) in [6.07, 6.45) is 0.700. The van der Waals surface area contributed by atoms with E-state index in [1.807, 2.05) is 25.1 Å². The topological polar surface area (TPSA) is 55.8 Å². The second-order valence-corrected chi connectivity index (χ2v) is 4.37. The summed E-state index contributed by atoms with van der Waals surface area (Å²) in [6, 6.07) is 5.74. The normalized spacial score (nSPS) is 22.9. The highest BCUT2D eigenvalue weighted by Crippen LogP contribution is 2.44. The van der Waals surface area contributed by atoms with Gasteiger partial charge in [0.2, 0.25) is 0 Å². The van der Waals surface area contributed by atoms with Gasteiger partial charge in [-0.05, 0) is 19.1 Å². The first-order chi connectivity index (χ1) is 8.07. The number of carbonyl (C=O) groups is 1. The van der Waals surface area contributed by atoms with Gasteiger partial charge in [0.25, 0.3) is 0 Å². The van der Waals surface area contributed by atoms with E-state index in [2.05, 4.69) is 0 Å². The minimum absolute atomic E-state index is 0.0210. The number of ether oxygens (including phenoxy) is 2. The van der Waals surface area contributed by atoms with E-state index in [1.54, 1.807) is 7.11 Å². The molecule has 1 aromatic rings. The van der Waals surface area contributed by atoms with E-state index in [0.29, 0.717) is 12.4 Å². The van der Waals surface area contributed by atoms with E-state index < -0.39 is 11.6 Å². The van der Waals surface area contributed by atoms with Crippen molar-refractivity contribution >= 4 is 5.97 Å². The summed E-state index contributed by atoms with van der Waals surface area (Å²) in [4.78, 5) is 10.9. The maximum atomic E-state index is 10.9. The van der Waals surface area contributed by atoms with E-state index in [4.69, 9.17) is 14.6 Å². The molecule has 1 atom stereocenters. The van der Waals surface area contributed by atoms with Gasteiger partial charge in [-0.25, -0.2) is 0 Å². The third-order valence-corrected chi connectivity index (χ3v) is 3.17. The molecule has 92 valence electrons. The van der Waals surface area contributed by atoms with Gasteiger partial charge in [-0.15, -0.1) is 0 Å². The molecule has 4 nitrogen and oxygen atoms in total. The van der Waals surface area contributed by atoms with E-state index in [-0.39, 0.29) is 6.42 Å². The van der Waals surface area contributed by atoms with E-state index in [9.17, 15) is 4.79 Å². The van der Waals surface area contributed by atoms with Crippen molar-refractivity contribution < 1.29 is 19.4 Å². The summed E-state index contributed by atoms with van der Waals surface area (Å²) in [6.45, 7) is 2.57.